The minimum atomic E-state index is 0.110. The molecule has 0 unspecified atom stereocenters. The smallest absolute Gasteiger partial charge is 0.116 e. The molecule has 1 N–H and O–H groups in total. The van der Waals surface area contributed by atoms with Gasteiger partial charge < -0.3 is 5.11 Å². The molecule has 0 bridgehead atoms. The maximum atomic E-state index is 8.49. The Balaban J connectivity index is 2.77. The molecule has 0 aromatic carbocycles. The molecule has 0 saturated carbocycles. The Morgan fingerprint density at radius 1 is 1.58 bits per heavy atom. The van der Waals surface area contributed by atoms with Gasteiger partial charge >= 0.3 is 0 Å². The second kappa shape index (κ2) is 4.53. The van der Waals surface area contributed by atoms with Crippen molar-refractivity contribution in [1.82, 2.24) is 4.98 Å². The Morgan fingerprint density at radius 2 is 2.42 bits per heavy atom. The summed E-state index contributed by atoms with van der Waals surface area (Å²) in [6.07, 6.45) is 2.23. The third-order valence-corrected chi connectivity index (χ3v) is 1.45. The number of nitrogens with zero attached hydrogens (tertiary/aromatic N) is 1. The lowest BCUT2D eigenvalue weighted by atomic mass is 10.2. The molecule has 62 valence electrons. The molecule has 2 nitrogen and oxygen atoms in total. The number of aliphatic hydroxyl groups is 1. The molecule has 0 spiro atoms. The number of rotatable bonds is 1. The number of hydrogen-bond acceptors (Lipinski definition) is 2. The zero-order valence-electron chi connectivity index (χ0n) is 7.04. The van der Waals surface area contributed by atoms with Crippen LogP contribution in [-0.4, -0.2) is 16.7 Å². The molecule has 0 aliphatic carbocycles. The van der Waals surface area contributed by atoms with Crippen molar-refractivity contribution < 1.29 is 5.11 Å². The fourth-order valence-electron chi connectivity index (χ4n) is 0.819. The van der Waals surface area contributed by atoms with Gasteiger partial charge in [-0.3, -0.25) is 0 Å². The van der Waals surface area contributed by atoms with Crippen molar-refractivity contribution in [2.75, 3.05) is 6.61 Å². The van der Waals surface area contributed by atoms with E-state index in [1.807, 2.05) is 19.1 Å². The third kappa shape index (κ3) is 2.37. The van der Waals surface area contributed by atoms with E-state index in [1.54, 1.807) is 6.20 Å². The minimum Gasteiger partial charge on any atom is -0.395 e. The first-order valence-electron chi connectivity index (χ1n) is 3.86. The Bertz CT molecular complexity index is 309. The molecule has 0 aliphatic rings. The lowest BCUT2D eigenvalue weighted by Crippen LogP contribution is -1.86. The van der Waals surface area contributed by atoms with Gasteiger partial charge in [0.2, 0.25) is 0 Å². The molecule has 1 heterocycles. The topological polar surface area (TPSA) is 33.1 Å². The highest BCUT2D eigenvalue weighted by Crippen LogP contribution is 2.00. The fraction of sp³-hybridized carbons (Fsp3) is 0.300. The molecule has 0 saturated heterocycles. The quantitative estimate of drug-likeness (QED) is 0.626. The third-order valence-electron chi connectivity index (χ3n) is 1.45. The number of aryl methyl sites for hydroxylation is 1. The molecule has 2 heteroatoms. The van der Waals surface area contributed by atoms with Crippen molar-refractivity contribution in [2.45, 2.75) is 13.3 Å². The number of aliphatic hydroxyl groups excluding tert-OH is 1. The van der Waals surface area contributed by atoms with E-state index in [4.69, 9.17) is 5.11 Å². The Hall–Kier alpha value is -1.33. The summed E-state index contributed by atoms with van der Waals surface area (Å²) in [6, 6.07) is 3.85. The summed E-state index contributed by atoms with van der Waals surface area (Å²) in [7, 11) is 0. The van der Waals surface area contributed by atoms with Gasteiger partial charge in [-0.25, -0.2) is 4.98 Å². The van der Waals surface area contributed by atoms with E-state index in [1.165, 1.54) is 0 Å². The lowest BCUT2D eigenvalue weighted by molar-refractivity contribution is 0.305. The molecular weight excluding hydrogens is 150 g/mol. The van der Waals surface area contributed by atoms with Gasteiger partial charge in [-0.05, 0) is 24.5 Å². The van der Waals surface area contributed by atoms with Crippen LogP contribution >= 0.6 is 0 Å². The van der Waals surface area contributed by atoms with Crippen molar-refractivity contribution in [1.29, 1.82) is 0 Å². The first-order valence-corrected chi connectivity index (χ1v) is 3.86. The Labute approximate surface area is 72.3 Å². The van der Waals surface area contributed by atoms with Crippen LogP contribution in [0.3, 0.4) is 0 Å². The summed E-state index contributed by atoms with van der Waals surface area (Å²) < 4.78 is 0. The van der Waals surface area contributed by atoms with Crippen LogP contribution in [0, 0.1) is 18.8 Å². The molecule has 0 radical (unpaired) electrons. The van der Waals surface area contributed by atoms with Crippen LogP contribution in [0.15, 0.2) is 18.3 Å². The monoisotopic (exact) mass is 161 g/mol. The first-order chi connectivity index (χ1) is 5.84. The van der Waals surface area contributed by atoms with Crippen LogP contribution in [0.25, 0.3) is 0 Å². The average Bonchev–Trinajstić information content (AvgIpc) is 2.09. The van der Waals surface area contributed by atoms with Gasteiger partial charge in [0.05, 0.1) is 6.61 Å². The fourth-order valence-corrected chi connectivity index (χ4v) is 0.819. The zero-order chi connectivity index (χ0) is 8.81. The Morgan fingerprint density at radius 3 is 3.08 bits per heavy atom. The zero-order valence-corrected chi connectivity index (χ0v) is 7.04. The van der Waals surface area contributed by atoms with Crippen LogP contribution in [-0.2, 0) is 0 Å². The van der Waals surface area contributed by atoms with Gasteiger partial charge in [0, 0.05) is 12.6 Å². The predicted octanol–water partition coefficient (Wildman–Crippen LogP) is 1.12. The molecule has 12 heavy (non-hydrogen) atoms. The van der Waals surface area contributed by atoms with Gasteiger partial charge in [-0.15, -0.1) is 0 Å². The second-order valence-corrected chi connectivity index (χ2v) is 2.44. The summed E-state index contributed by atoms with van der Waals surface area (Å²) in [5.74, 6) is 5.72. The van der Waals surface area contributed by atoms with Crippen molar-refractivity contribution in [2.24, 2.45) is 0 Å². The second-order valence-electron chi connectivity index (χ2n) is 2.44. The van der Waals surface area contributed by atoms with Gasteiger partial charge in [0.1, 0.15) is 5.69 Å². The molecule has 1 aromatic rings. The summed E-state index contributed by atoms with van der Waals surface area (Å²) >= 11 is 0. The van der Waals surface area contributed by atoms with Gasteiger partial charge in [-0.2, -0.15) is 0 Å². The van der Waals surface area contributed by atoms with Gasteiger partial charge in [0.25, 0.3) is 0 Å². The summed E-state index contributed by atoms with van der Waals surface area (Å²) in [5, 5.41) is 8.49. The van der Waals surface area contributed by atoms with E-state index in [2.05, 4.69) is 16.8 Å². The van der Waals surface area contributed by atoms with E-state index >= 15 is 0 Å². The number of aromatic nitrogens is 1. The van der Waals surface area contributed by atoms with Gasteiger partial charge in [0.15, 0.2) is 0 Å². The summed E-state index contributed by atoms with van der Waals surface area (Å²) in [6.45, 7) is 2.08. The highest BCUT2D eigenvalue weighted by atomic mass is 16.2. The van der Waals surface area contributed by atoms with Crippen LogP contribution in [0.5, 0.6) is 0 Å². The van der Waals surface area contributed by atoms with Crippen LogP contribution < -0.4 is 0 Å². The molecular formula is C10H11NO. The standard InChI is InChI=1S/C10H11NO/c1-9-5-4-7-11-10(9)6-2-3-8-12/h4-5,7,12H,3,8H2,1H3. The SMILES string of the molecule is Cc1cccnc1C#CCCO. The molecule has 1 rings (SSSR count). The normalized spacial score (nSPS) is 8.83. The van der Waals surface area contributed by atoms with E-state index in [9.17, 15) is 0 Å². The average molecular weight is 161 g/mol. The lowest BCUT2D eigenvalue weighted by Gasteiger charge is -1.93. The predicted molar refractivity (Wildman–Crippen MR) is 47.6 cm³/mol. The molecule has 0 fully saturated rings. The van der Waals surface area contributed by atoms with Gasteiger partial charge in [-0.1, -0.05) is 12.0 Å². The van der Waals surface area contributed by atoms with Crippen molar-refractivity contribution in [3.8, 4) is 11.8 Å². The number of pyridine rings is 1. The largest absolute Gasteiger partial charge is 0.395 e. The maximum Gasteiger partial charge on any atom is 0.116 e. The minimum absolute atomic E-state index is 0.110. The van der Waals surface area contributed by atoms with E-state index in [0.717, 1.165) is 11.3 Å². The highest BCUT2D eigenvalue weighted by Gasteiger charge is 1.90. The van der Waals surface area contributed by atoms with Crippen LogP contribution in [0.4, 0.5) is 0 Å². The van der Waals surface area contributed by atoms with Crippen molar-refractivity contribution in [3.05, 3.63) is 29.6 Å². The summed E-state index contributed by atoms with van der Waals surface area (Å²) in [4.78, 5) is 4.09. The van der Waals surface area contributed by atoms with E-state index in [-0.39, 0.29) is 6.61 Å². The first kappa shape index (κ1) is 8.76. The molecule has 0 aliphatic heterocycles. The maximum absolute atomic E-state index is 8.49. The van der Waals surface area contributed by atoms with Crippen LogP contribution in [0.2, 0.25) is 0 Å². The van der Waals surface area contributed by atoms with Crippen molar-refractivity contribution in [3.63, 3.8) is 0 Å². The highest BCUT2D eigenvalue weighted by molar-refractivity contribution is 5.33. The van der Waals surface area contributed by atoms with E-state index in [0.29, 0.717) is 6.42 Å². The Kier molecular flexibility index (Phi) is 3.31. The molecule has 0 amide bonds. The molecule has 0 atom stereocenters. The van der Waals surface area contributed by atoms with Crippen molar-refractivity contribution >= 4 is 0 Å². The van der Waals surface area contributed by atoms with Crippen LogP contribution in [0.1, 0.15) is 17.7 Å². The summed E-state index contributed by atoms with van der Waals surface area (Å²) in [5.41, 5.74) is 1.87. The molecule has 1 aromatic heterocycles. The van der Waals surface area contributed by atoms with E-state index < -0.39 is 0 Å². The number of hydrogen-bond donors (Lipinski definition) is 1.